The van der Waals surface area contributed by atoms with Gasteiger partial charge in [0.15, 0.2) is 6.10 Å². The van der Waals surface area contributed by atoms with Crippen LogP contribution >= 0.6 is 11.6 Å². The zero-order valence-corrected chi connectivity index (χ0v) is 14.4. The third-order valence-electron chi connectivity index (χ3n) is 3.68. The van der Waals surface area contributed by atoms with E-state index in [1.165, 1.54) is 5.56 Å². The SMILES string of the molecule is CC[C@H](NC(=O)[C@H](C)Oc1cccc(Cl)c1)c1ccc(C)cc1. The Bertz CT molecular complexity index is 655. The molecule has 0 aromatic heterocycles. The van der Waals surface area contributed by atoms with Crippen molar-refractivity contribution in [1.29, 1.82) is 0 Å². The molecule has 2 aromatic rings. The molecule has 0 heterocycles. The highest BCUT2D eigenvalue weighted by Crippen LogP contribution is 2.20. The van der Waals surface area contributed by atoms with Crippen molar-refractivity contribution in [3.8, 4) is 5.75 Å². The zero-order valence-electron chi connectivity index (χ0n) is 13.7. The van der Waals surface area contributed by atoms with Crippen LogP contribution in [0.25, 0.3) is 0 Å². The number of carbonyl (C=O) groups excluding carboxylic acids is 1. The predicted octanol–water partition coefficient (Wildman–Crippen LogP) is 4.68. The lowest BCUT2D eigenvalue weighted by molar-refractivity contribution is -0.128. The molecule has 0 bridgehead atoms. The summed E-state index contributed by atoms with van der Waals surface area (Å²) in [4.78, 5) is 12.4. The zero-order chi connectivity index (χ0) is 16.8. The molecule has 2 rings (SSSR count). The van der Waals surface area contributed by atoms with Crippen molar-refractivity contribution in [2.75, 3.05) is 0 Å². The van der Waals surface area contributed by atoms with Crippen LogP contribution in [0.4, 0.5) is 0 Å². The molecule has 0 saturated carbocycles. The second kappa shape index (κ2) is 8.02. The predicted molar refractivity (Wildman–Crippen MR) is 93.9 cm³/mol. The molecule has 3 nitrogen and oxygen atoms in total. The number of hydrogen-bond donors (Lipinski definition) is 1. The smallest absolute Gasteiger partial charge is 0.261 e. The van der Waals surface area contributed by atoms with Crippen LogP contribution in [0.5, 0.6) is 5.75 Å². The third kappa shape index (κ3) is 5.00. The number of aryl methyl sites for hydroxylation is 1. The van der Waals surface area contributed by atoms with Gasteiger partial charge in [-0.15, -0.1) is 0 Å². The Morgan fingerprint density at radius 2 is 1.91 bits per heavy atom. The fraction of sp³-hybridized carbons (Fsp3) is 0.316. The molecule has 4 heteroatoms. The largest absolute Gasteiger partial charge is 0.481 e. The number of halogens is 1. The molecule has 2 aromatic carbocycles. The normalized spacial score (nSPS) is 13.2. The van der Waals surface area contributed by atoms with E-state index in [1.807, 2.05) is 26.0 Å². The minimum atomic E-state index is -0.590. The highest BCUT2D eigenvalue weighted by atomic mass is 35.5. The summed E-state index contributed by atoms with van der Waals surface area (Å²) in [5.74, 6) is 0.445. The molecule has 0 unspecified atom stereocenters. The number of nitrogens with one attached hydrogen (secondary N) is 1. The summed E-state index contributed by atoms with van der Waals surface area (Å²) in [5.41, 5.74) is 2.30. The molecule has 0 aliphatic carbocycles. The van der Waals surface area contributed by atoms with E-state index >= 15 is 0 Å². The summed E-state index contributed by atoms with van der Waals surface area (Å²) in [6.07, 6.45) is 0.228. The first-order valence-corrected chi connectivity index (χ1v) is 8.16. The van der Waals surface area contributed by atoms with Crippen LogP contribution in [0, 0.1) is 6.92 Å². The molecular weight excluding hydrogens is 310 g/mol. The van der Waals surface area contributed by atoms with Gasteiger partial charge in [0.05, 0.1) is 6.04 Å². The van der Waals surface area contributed by atoms with Crippen LogP contribution in [0.1, 0.15) is 37.4 Å². The molecule has 0 fully saturated rings. The van der Waals surface area contributed by atoms with E-state index < -0.39 is 6.10 Å². The number of benzene rings is 2. The quantitative estimate of drug-likeness (QED) is 0.834. The summed E-state index contributed by atoms with van der Waals surface area (Å²) in [6.45, 7) is 5.83. The fourth-order valence-electron chi connectivity index (χ4n) is 2.31. The molecule has 122 valence electrons. The number of amides is 1. The Labute approximate surface area is 142 Å². The molecule has 1 N–H and O–H groups in total. The fourth-order valence-corrected chi connectivity index (χ4v) is 2.49. The van der Waals surface area contributed by atoms with Gasteiger partial charge in [0.1, 0.15) is 5.75 Å². The Morgan fingerprint density at radius 1 is 1.22 bits per heavy atom. The molecule has 0 radical (unpaired) electrons. The summed E-state index contributed by atoms with van der Waals surface area (Å²) in [5, 5.41) is 3.62. The van der Waals surface area contributed by atoms with Gasteiger partial charge in [-0.05, 0) is 44.0 Å². The standard InChI is InChI=1S/C19H22ClNO2/c1-4-18(15-10-8-13(2)9-11-15)21-19(22)14(3)23-17-7-5-6-16(20)12-17/h5-12,14,18H,4H2,1-3H3,(H,21,22)/t14-,18-/m0/s1. The van der Waals surface area contributed by atoms with Crippen molar-refractivity contribution in [1.82, 2.24) is 5.32 Å². The first-order chi connectivity index (χ1) is 11.0. The van der Waals surface area contributed by atoms with Gasteiger partial charge >= 0.3 is 0 Å². The van der Waals surface area contributed by atoms with Gasteiger partial charge < -0.3 is 10.1 Å². The maximum atomic E-state index is 12.4. The maximum Gasteiger partial charge on any atom is 0.261 e. The third-order valence-corrected chi connectivity index (χ3v) is 3.92. The Hall–Kier alpha value is -2.00. The van der Waals surface area contributed by atoms with E-state index in [0.717, 1.165) is 12.0 Å². The molecule has 0 aliphatic rings. The number of rotatable bonds is 6. The first-order valence-electron chi connectivity index (χ1n) is 7.78. The van der Waals surface area contributed by atoms with Crippen LogP contribution in [0.3, 0.4) is 0 Å². The minimum Gasteiger partial charge on any atom is -0.481 e. The van der Waals surface area contributed by atoms with Crippen molar-refractivity contribution in [3.63, 3.8) is 0 Å². The van der Waals surface area contributed by atoms with E-state index in [2.05, 4.69) is 17.4 Å². The van der Waals surface area contributed by atoms with Gasteiger partial charge in [-0.1, -0.05) is 54.4 Å². The highest BCUT2D eigenvalue weighted by molar-refractivity contribution is 6.30. The van der Waals surface area contributed by atoms with Crippen LogP contribution in [0.15, 0.2) is 48.5 Å². The van der Waals surface area contributed by atoms with Crippen LogP contribution < -0.4 is 10.1 Å². The van der Waals surface area contributed by atoms with Gasteiger partial charge in [0.25, 0.3) is 5.91 Å². The lowest BCUT2D eigenvalue weighted by atomic mass is 10.0. The molecule has 0 aliphatic heterocycles. The Morgan fingerprint density at radius 3 is 2.52 bits per heavy atom. The minimum absolute atomic E-state index is 0.0199. The van der Waals surface area contributed by atoms with Crippen molar-refractivity contribution in [3.05, 3.63) is 64.7 Å². The maximum absolute atomic E-state index is 12.4. The van der Waals surface area contributed by atoms with E-state index in [4.69, 9.17) is 16.3 Å². The van der Waals surface area contributed by atoms with Gasteiger partial charge in [-0.25, -0.2) is 0 Å². The second-order valence-corrected chi connectivity index (χ2v) is 6.03. The average molecular weight is 332 g/mol. The number of ether oxygens (including phenoxy) is 1. The Kier molecular flexibility index (Phi) is 6.05. The highest BCUT2D eigenvalue weighted by Gasteiger charge is 2.19. The molecule has 0 spiro atoms. The summed E-state index contributed by atoms with van der Waals surface area (Å²) in [6, 6.07) is 15.2. The topological polar surface area (TPSA) is 38.3 Å². The van der Waals surface area contributed by atoms with Crippen LogP contribution in [-0.2, 0) is 4.79 Å². The van der Waals surface area contributed by atoms with Crippen molar-refractivity contribution in [2.45, 2.75) is 39.3 Å². The molecule has 23 heavy (non-hydrogen) atoms. The molecule has 1 amide bonds. The monoisotopic (exact) mass is 331 g/mol. The van der Waals surface area contributed by atoms with Crippen molar-refractivity contribution in [2.24, 2.45) is 0 Å². The van der Waals surface area contributed by atoms with Crippen LogP contribution in [-0.4, -0.2) is 12.0 Å². The van der Waals surface area contributed by atoms with E-state index in [0.29, 0.717) is 10.8 Å². The first kappa shape index (κ1) is 17.4. The molecule has 2 atom stereocenters. The summed E-state index contributed by atoms with van der Waals surface area (Å²) >= 11 is 5.93. The van der Waals surface area contributed by atoms with Crippen molar-refractivity contribution < 1.29 is 9.53 Å². The second-order valence-electron chi connectivity index (χ2n) is 5.60. The molecular formula is C19H22ClNO2. The van der Waals surface area contributed by atoms with Crippen LogP contribution in [0.2, 0.25) is 5.02 Å². The van der Waals surface area contributed by atoms with Gasteiger partial charge in [0, 0.05) is 5.02 Å². The number of carbonyl (C=O) groups is 1. The lowest BCUT2D eigenvalue weighted by Crippen LogP contribution is -2.38. The average Bonchev–Trinajstić information content (AvgIpc) is 2.53. The Balaban J connectivity index is 1.99. The van der Waals surface area contributed by atoms with Crippen molar-refractivity contribution >= 4 is 17.5 Å². The van der Waals surface area contributed by atoms with E-state index in [9.17, 15) is 4.79 Å². The van der Waals surface area contributed by atoms with Gasteiger partial charge in [-0.3, -0.25) is 4.79 Å². The van der Waals surface area contributed by atoms with E-state index in [1.54, 1.807) is 31.2 Å². The van der Waals surface area contributed by atoms with E-state index in [-0.39, 0.29) is 11.9 Å². The summed E-state index contributed by atoms with van der Waals surface area (Å²) < 4.78 is 5.66. The number of hydrogen-bond acceptors (Lipinski definition) is 2. The van der Waals surface area contributed by atoms with Gasteiger partial charge in [0.2, 0.25) is 0 Å². The lowest BCUT2D eigenvalue weighted by Gasteiger charge is -2.21. The van der Waals surface area contributed by atoms with Gasteiger partial charge in [-0.2, -0.15) is 0 Å². The summed E-state index contributed by atoms with van der Waals surface area (Å²) in [7, 11) is 0. The molecule has 0 saturated heterocycles.